The van der Waals surface area contributed by atoms with E-state index >= 15 is 0 Å². The topological polar surface area (TPSA) is 18.5 Å². The molecular formula is C18H16O2. The molecule has 0 bridgehead atoms. The number of ether oxygens (including phenoxy) is 2. The highest BCUT2D eigenvalue weighted by Crippen LogP contribution is 2.28. The number of rotatable bonds is 3. The molecule has 0 aliphatic carbocycles. The third kappa shape index (κ3) is 2.32. The zero-order chi connectivity index (χ0) is 13.9. The summed E-state index contributed by atoms with van der Waals surface area (Å²) >= 11 is 0. The lowest BCUT2D eigenvalue weighted by Gasteiger charge is -2.07. The quantitative estimate of drug-likeness (QED) is 0.692. The second kappa shape index (κ2) is 5.25. The summed E-state index contributed by atoms with van der Waals surface area (Å²) in [5, 5.41) is 2.39. The highest BCUT2D eigenvalue weighted by molar-refractivity contribution is 5.88. The fourth-order valence-corrected chi connectivity index (χ4v) is 2.31. The van der Waals surface area contributed by atoms with Gasteiger partial charge in [0.2, 0.25) is 0 Å². The van der Waals surface area contributed by atoms with E-state index in [2.05, 4.69) is 42.5 Å². The minimum atomic E-state index is 0.871. The van der Waals surface area contributed by atoms with Crippen molar-refractivity contribution in [3.05, 3.63) is 60.7 Å². The number of fused-ring (bicyclic) bond motifs is 1. The van der Waals surface area contributed by atoms with Crippen LogP contribution in [0, 0.1) is 0 Å². The molecule has 0 atom stereocenters. The smallest absolute Gasteiger partial charge is 0.119 e. The summed E-state index contributed by atoms with van der Waals surface area (Å²) in [6.45, 7) is 0. The van der Waals surface area contributed by atoms with Crippen molar-refractivity contribution in [2.45, 2.75) is 0 Å². The van der Waals surface area contributed by atoms with Crippen LogP contribution in [0.15, 0.2) is 60.7 Å². The van der Waals surface area contributed by atoms with Gasteiger partial charge in [0.1, 0.15) is 11.5 Å². The zero-order valence-corrected chi connectivity index (χ0v) is 11.6. The van der Waals surface area contributed by atoms with Crippen LogP contribution in [0.25, 0.3) is 21.9 Å². The Balaban J connectivity index is 2.06. The Kier molecular flexibility index (Phi) is 3.30. The van der Waals surface area contributed by atoms with Gasteiger partial charge < -0.3 is 9.47 Å². The van der Waals surface area contributed by atoms with E-state index < -0.39 is 0 Å². The third-order valence-electron chi connectivity index (χ3n) is 3.47. The summed E-state index contributed by atoms with van der Waals surface area (Å²) in [5.41, 5.74) is 2.36. The maximum Gasteiger partial charge on any atom is 0.119 e. The van der Waals surface area contributed by atoms with E-state index in [1.54, 1.807) is 14.2 Å². The summed E-state index contributed by atoms with van der Waals surface area (Å²) in [4.78, 5) is 0. The first kappa shape index (κ1) is 12.5. The summed E-state index contributed by atoms with van der Waals surface area (Å²) in [6.07, 6.45) is 0. The van der Waals surface area contributed by atoms with Crippen LogP contribution in [0.2, 0.25) is 0 Å². The van der Waals surface area contributed by atoms with Gasteiger partial charge in [-0.1, -0.05) is 30.3 Å². The SMILES string of the molecule is COc1ccc(-c2ccc3ccc(OC)cc3c2)cc1. The molecule has 0 radical (unpaired) electrons. The van der Waals surface area contributed by atoms with Crippen molar-refractivity contribution in [2.75, 3.05) is 14.2 Å². The summed E-state index contributed by atoms with van der Waals surface area (Å²) in [6, 6.07) is 20.7. The van der Waals surface area contributed by atoms with Crippen LogP contribution in [0.4, 0.5) is 0 Å². The van der Waals surface area contributed by atoms with Crippen molar-refractivity contribution in [1.29, 1.82) is 0 Å². The maximum atomic E-state index is 5.28. The van der Waals surface area contributed by atoms with E-state index in [9.17, 15) is 0 Å². The van der Waals surface area contributed by atoms with Crippen molar-refractivity contribution < 1.29 is 9.47 Å². The Hall–Kier alpha value is -2.48. The van der Waals surface area contributed by atoms with Gasteiger partial charge in [-0.25, -0.2) is 0 Å². The maximum absolute atomic E-state index is 5.28. The molecule has 0 fully saturated rings. The molecule has 20 heavy (non-hydrogen) atoms. The molecule has 0 saturated carbocycles. The zero-order valence-electron chi connectivity index (χ0n) is 11.6. The third-order valence-corrected chi connectivity index (χ3v) is 3.47. The van der Waals surface area contributed by atoms with Gasteiger partial charge in [0.15, 0.2) is 0 Å². The van der Waals surface area contributed by atoms with Crippen molar-refractivity contribution >= 4 is 10.8 Å². The lowest BCUT2D eigenvalue weighted by Crippen LogP contribution is -1.84. The molecule has 0 unspecified atom stereocenters. The normalized spacial score (nSPS) is 10.5. The van der Waals surface area contributed by atoms with Crippen LogP contribution >= 0.6 is 0 Å². The summed E-state index contributed by atoms with van der Waals surface area (Å²) in [5.74, 6) is 1.75. The van der Waals surface area contributed by atoms with Gasteiger partial charge in [-0.3, -0.25) is 0 Å². The van der Waals surface area contributed by atoms with Crippen LogP contribution < -0.4 is 9.47 Å². The molecule has 0 amide bonds. The Morgan fingerprint density at radius 2 is 1.15 bits per heavy atom. The van der Waals surface area contributed by atoms with Crippen LogP contribution in [-0.2, 0) is 0 Å². The van der Waals surface area contributed by atoms with Gasteiger partial charge >= 0.3 is 0 Å². The van der Waals surface area contributed by atoms with Crippen LogP contribution in [0.1, 0.15) is 0 Å². The second-order valence-electron chi connectivity index (χ2n) is 4.66. The number of benzene rings is 3. The molecule has 0 aliphatic heterocycles. The lowest BCUT2D eigenvalue weighted by molar-refractivity contribution is 0.415. The molecule has 0 N–H and O–H groups in total. The van der Waals surface area contributed by atoms with Crippen molar-refractivity contribution in [1.82, 2.24) is 0 Å². The highest BCUT2D eigenvalue weighted by atomic mass is 16.5. The van der Waals surface area contributed by atoms with E-state index in [0.29, 0.717) is 0 Å². The van der Waals surface area contributed by atoms with Gasteiger partial charge in [0.05, 0.1) is 14.2 Å². The molecule has 0 aromatic heterocycles. The Morgan fingerprint density at radius 1 is 0.550 bits per heavy atom. The largest absolute Gasteiger partial charge is 0.497 e. The average molecular weight is 264 g/mol. The van der Waals surface area contributed by atoms with Crippen LogP contribution in [-0.4, -0.2) is 14.2 Å². The van der Waals surface area contributed by atoms with E-state index in [0.717, 1.165) is 11.5 Å². The highest BCUT2D eigenvalue weighted by Gasteiger charge is 2.02. The molecule has 0 aliphatic rings. The molecule has 3 aromatic rings. The Bertz CT molecular complexity index is 730. The summed E-state index contributed by atoms with van der Waals surface area (Å²) < 4.78 is 10.5. The first-order valence-corrected chi connectivity index (χ1v) is 6.52. The van der Waals surface area contributed by atoms with Crippen molar-refractivity contribution in [2.24, 2.45) is 0 Å². The van der Waals surface area contributed by atoms with Gasteiger partial charge in [0, 0.05) is 0 Å². The van der Waals surface area contributed by atoms with Gasteiger partial charge in [-0.05, 0) is 52.2 Å². The molecular weight excluding hydrogens is 248 g/mol. The molecule has 2 heteroatoms. The minimum Gasteiger partial charge on any atom is -0.497 e. The fraction of sp³-hybridized carbons (Fsp3) is 0.111. The monoisotopic (exact) mass is 264 g/mol. The predicted molar refractivity (Wildman–Crippen MR) is 82.5 cm³/mol. The first-order chi connectivity index (χ1) is 9.80. The van der Waals surface area contributed by atoms with Crippen LogP contribution in [0.3, 0.4) is 0 Å². The van der Waals surface area contributed by atoms with E-state index in [1.807, 2.05) is 18.2 Å². The average Bonchev–Trinajstić information content (AvgIpc) is 2.54. The molecule has 3 rings (SSSR count). The lowest BCUT2D eigenvalue weighted by atomic mass is 10.0. The standard InChI is InChI=1S/C18H16O2/c1-19-17-8-5-13(6-9-17)15-4-3-14-7-10-18(20-2)12-16(14)11-15/h3-12H,1-2H3. The van der Waals surface area contributed by atoms with Gasteiger partial charge in [-0.15, -0.1) is 0 Å². The Labute approximate surface area is 118 Å². The summed E-state index contributed by atoms with van der Waals surface area (Å²) in [7, 11) is 3.37. The second-order valence-corrected chi connectivity index (χ2v) is 4.66. The van der Waals surface area contributed by atoms with Crippen molar-refractivity contribution in [3.8, 4) is 22.6 Å². The van der Waals surface area contributed by atoms with Crippen LogP contribution in [0.5, 0.6) is 11.5 Å². The van der Waals surface area contributed by atoms with Gasteiger partial charge in [-0.2, -0.15) is 0 Å². The molecule has 3 aromatic carbocycles. The molecule has 0 spiro atoms. The molecule has 0 heterocycles. The first-order valence-electron chi connectivity index (χ1n) is 6.52. The van der Waals surface area contributed by atoms with Gasteiger partial charge in [0.25, 0.3) is 0 Å². The predicted octanol–water partition coefficient (Wildman–Crippen LogP) is 4.52. The fourth-order valence-electron chi connectivity index (χ4n) is 2.31. The minimum absolute atomic E-state index is 0.871. The van der Waals surface area contributed by atoms with E-state index in [-0.39, 0.29) is 0 Å². The molecule has 100 valence electrons. The molecule has 0 saturated heterocycles. The Morgan fingerprint density at radius 3 is 1.85 bits per heavy atom. The van der Waals surface area contributed by atoms with E-state index in [4.69, 9.17) is 9.47 Å². The molecule has 2 nitrogen and oxygen atoms in total. The number of hydrogen-bond acceptors (Lipinski definition) is 2. The number of methoxy groups -OCH3 is 2. The van der Waals surface area contributed by atoms with Crippen molar-refractivity contribution in [3.63, 3.8) is 0 Å². The number of hydrogen-bond donors (Lipinski definition) is 0. The van der Waals surface area contributed by atoms with E-state index in [1.165, 1.54) is 21.9 Å².